The van der Waals surface area contributed by atoms with Gasteiger partial charge in [-0.25, -0.2) is 8.78 Å². The molecule has 1 amide bonds. The van der Waals surface area contributed by atoms with Gasteiger partial charge in [0.2, 0.25) is 5.91 Å². The number of aryl methyl sites for hydroxylation is 1. The van der Waals surface area contributed by atoms with Crippen LogP contribution in [0.1, 0.15) is 12.5 Å². The van der Waals surface area contributed by atoms with E-state index in [9.17, 15) is 23.7 Å². The summed E-state index contributed by atoms with van der Waals surface area (Å²) in [7, 11) is 0. The average molecular weight is 379 g/mol. The summed E-state index contributed by atoms with van der Waals surface area (Å²) in [6, 6.07) is 9.83. The number of nitro groups is 1. The fourth-order valence-electron chi connectivity index (χ4n) is 2.26. The zero-order valence-electron chi connectivity index (χ0n) is 14.7. The molecule has 2 aromatic rings. The topological polar surface area (TPSA) is 93.5 Å². The normalized spacial score (nSPS) is 11.7. The van der Waals surface area contributed by atoms with Crippen molar-refractivity contribution in [2.45, 2.75) is 26.3 Å². The minimum atomic E-state index is -2.58. The average Bonchev–Trinajstić information content (AvgIpc) is 2.62. The van der Waals surface area contributed by atoms with Gasteiger partial charge < -0.3 is 15.4 Å². The number of anilines is 2. The van der Waals surface area contributed by atoms with Crippen molar-refractivity contribution < 1.29 is 23.2 Å². The lowest BCUT2D eigenvalue weighted by atomic mass is 10.2. The zero-order valence-corrected chi connectivity index (χ0v) is 14.7. The minimum absolute atomic E-state index is 0.132. The lowest BCUT2D eigenvalue weighted by Gasteiger charge is -2.17. The molecule has 2 N–H and O–H groups in total. The predicted molar refractivity (Wildman–Crippen MR) is 97.5 cm³/mol. The van der Waals surface area contributed by atoms with Crippen LogP contribution in [0.4, 0.5) is 25.8 Å². The minimum Gasteiger partial charge on any atom is -0.487 e. The van der Waals surface area contributed by atoms with E-state index in [1.54, 1.807) is 32.0 Å². The van der Waals surface area contributed by atoms with Crippen molar-refractivity contribution in [1.82, 2.24) is 0 Å². The third kappa shape index (κ3) is 5.91. The van der Waals surface area contributed by atoms with Crippen LogP contribution in [-0.2, 0) is 4.79 Å². The lowest BCUT2D eigenvalue weighted by molar-refractivity contribution is -0.384. The number of hydrogen-bond donors (Lipinski definition) is 2. The highest BCUT2D eigenvalue weighted by atomic mass is 19.3. The first-order valence-electron chi connectivity index (χ1n) is 8.09. The molecule has 27 heavy (non-hydrogen) atoms. The molecule has 2 rings (SSSR count). The summed E-state index contributed by atoms with van der Waals surface area (Å²) in [5.41, 5.74) is 1.38. The van der Waals surface area contributed by atoms with Crippen LogP contribution < -0.4 is 15.4 Å². The number of amides is 1. The summed E-state index contributed by atoms with van der Waals surface area (Å²) in [5, 5.41) is 16.3. The van der Waals surface area contributed by atoms with Crippen molar-refractivity contribution in [3.05, 3.63) is 58.1 Å². The van der Waals surface area contributed by atoms with Gasteiger partial charge in [-0.2, -0.15) is 0 Å². The molecule has 0 saturated heterocycles. The smallest absolute Gasteiger partial charge is 0.272 e. The second-order valence-electron chi connectivity index (χ2n) is 5.85. The van der Waals surface area contributed by atoms with E-state index >= 15 is 0 Å². The summed E-state index contributed by atoms with van der Waals surface area (Å²) in [6.07, 6.45) is -2.58. The number of carbonyl (C=O) groups excluding carboxylic acids is 1. The number of ether oxygens (including phenoxy) is 1. The van der Waals surface area contributed by atoms with Gasteiger partial charge in [-0.1, -0.05) is 12.1 Å². The van der Waals surface area contributed by atoms with Crippen molar-refractivity contribution in [2.24, 2.45) is 0 Å². The van der Waals surface area contributed by atoms with Gasteiger partial charge in [0.05, 0.1) is 4.92 Å². The third-order valence-electron chi connectivity index (χ3n) is 3.65. The van der Waals surface area contributed by atoms with Crippen molar-refractivity contribution in [3.63, 3.8) is 0 Å². The van der Waals surface area contributed by atoms with E-state index in [2.05, 4.69) is 10.6 Å². The second-order valence-corrected chi connectivity index (χ2v) is 5.85. The van der Waals surface area contributed by atoms with E-state index in [-0.39, 0.29) is 5.69 Å². The molecule has 2 aromatic carbocycles. The molecule has 0 saturated carbocycles. The molecule has 144 valence electrons. The summed E-state index contributed by atoms with van der Waals surface area (Å²) >= 11 is 0. The van der Waals surface area contributed by atoms with Crippen LogP contribution in [0, 0.1) is 17.0 Å². The Morgan fingerprint density at radius 3 is 2.63 bits per heavy atom. The lowest BCUT2D eigenvalue weighted by Crippen LogP contribution is -2.31. The van der Waals surface area contributed by atoms with Crippen molar-refractivity contribution in [3.8, 4) is 5.75 Å². The zero-order chi connectivity index (χ0) is 20.0. The molecule has 0 fully saturated rings. The predicted octanol–water partition coefficient (Wildman–Crippen LogP) is 3.99. The molecule has 9 heteroatoms. The van der Waals surface area contributed by atoms with Crippen LogP contribution in [0.2, 0.25) is 0 Å². The Morgan fingerprint density at radius 2 is 1.96 bits per heavy atom. The van der Waals surface area contributed by atoms with E-state index in [1.807, 2.05) is 0 Å². The van der Waals surface area contributed by atoms with Crippen LogP contribution in [-0.4, -0.2) is 29.9 Å². The number of nitro benzene ring substituents is 1. The Hall–Kier alpha value is -3.23. The summed E-state index contributed by atoms with van der Waals surface area (Å²) in [4.78, 5) is 22.5. The van der Waals surface area contributed by atoms with Gasteiger partial charge in [0.15, 0.2) is 0 Å². The van der Waals surface area contributed by atoms with Crippen molar-refractivity contribution in [2.75, 3.05) is 17.2 Å². The summed E-state index contributed by atoms with van der Waals surface area (Å²) < 4.78 is 29.7. The third-order valence-corrected chi connectivity index (χ3v) is 3.65. The molecule has 0 spiro atoms. The van der Waals surface area contributed by atoms with Gasteiger partial charge in [-0.3, -0.25) is 14.9 Å². The van der Waals surface area contributed by atoms with Crippen molar-refractivity contribution >= 4 is 23.0 Å². The van der Waals surface area contributed by atoms with Crippen molar-refractivity contribution in [1.29, 1.82) is 0 Å². The quantitative estimate of drug-likeness (QED) is 0.534. The molecule has 7 nitrogen and oxygen atoms in total. The van der Waals surface area contributed by atoms with Gasteiger partial charge in [0, 0.05) is 29.6 Å². The number of nitrogens with zero attached hydrogens (tertiary/aromatic N) is 1. The molecule has 1 atom stereocenters. The number of hydrogen-bond acceptors (Lipinski definition) is 5. The highest BCUT2D eigenvalue weighted by molar-refractivity contribution is 5.96. The van der Waals surface area contributed by atoms with E-state index in [4.69, 9.17) is 4.74 Å². The maximum atomic E-state index is 12.3. The van der Waals surface area contributed by atoms with Crippen LogP contribution in [0.5, 0.6) is 5.75 Å². The molecule has 0 heterocycles. The number of halogens is 2. The van der Waals surface area contributed by atoms with Crippen LogP contribution in [0.25, 0.3) is 0 Å². The van der Waals surface area contributed by atoms with Gasteiger partial charge in [-0.05, 0) is 31.5 Å². The fraction of sp³-hybridized carbons (Fsp3) is 0.278. The van der Waals surface area contributed by atoms with Gasteiger partial charge in [-0.15, -0.1) is 0 Å². The molecule has 0 aliphatic rings. The molecule has 0 aliphatic carbocycles. The number of non-ortho nitro benzene ring substituents is 1. The Balaban J connectivity index is 2.02. The first kappa shape index (κ1) is 20.1. The maximum absolute atomic E-state index is 12.3. The SMILES string of the molecule is Cc1ccc(NC(C)C(=O)Nc2cccc([N+](=O)[O-])c2)cc1OCC(F)F. The molecule has 0 aliphatic heterocycles. The molecule has 1 unspecified atom stereocenters. The molecular formula is C18H19F2N3O4. The highest BCUT2D eigenvalue weighted by Gasteiger charge is 2.15. The molecule has 0 radical (unpaired) electrons. The van der Waals surface area contributed by atoms with Gasteiger partial charge in [0.1, 0.15) is 18.4 Å². The van der Waals surface area contributed by atoms with Crippen LogP contribution in [0.15, 0.2) is 42.5 Å². The summed E-state index contributed by atoms with van der Waals surface area (Å²) in [6.45, 7) is 2.61. The van der Waals surface area contributed by atoms with Gasteiger partial charge >= 0.3 is 0 Å². The number of rotatable bonds is 8. The van der Waals surface area contributed by atoms with E-state index < -0.39 is 29.9 Å². The molecule has 0 bridgehead atoms. The molecular weight excluding hydrogens is 360 g/mol. The Bertz CT molecular complexity index is 830. The van der Waals surface area contributed by atoms with Crippen LogP contribution in [0.3, 0.4) is 0 Å². The second kappa shape index (κ2) is 8.93. The van der Waals surface area contributed by atoms with Gasteiger partial charge in [0.25, 0.3) is 12.1 Å². The first-order chi connectivity index (χ1) is 12.8. The Morgan fingerprint density at radius 1 is 1.22 bits per heavy atom. The maximum Gasteiger partial charge on any atom is 0.272 e. The van der Waals surface area contributed by atoms with E-state index in [0.717, 1.165) is 0 Å². The number of nitrogens with one attached hydrogen (secondary N) is 2. The number of carbonyl (C=O) groups is 1. The summed E-state index contributed by atoms with van der Waals surface area (Å²) in [5.74, 6) is -0.113. The number of alkyl halides is 2. The Labute approximate surface area is 154 Å². The van der Waals surface area contributed by atoms with E-state index in [1.165, 1.54) is 24.3 Å². The number of benzene rings is 2. The first-order valence-corrected chi connectivity index (χ1v) is 8.09. The monoisotopic (exact) mass is 379 g/mol. The standard InChI is InChI=1S/C18H19F2N3O4/c1-11-6-7-14(9-16(11)27-10-17(19)20)21-12(2)18(24)22-13-4-3-5-15(8-13)23(25)26/h3-9,12,17,21H,10H2,1-2H3,(H,22,24). The van der Waals surface area contributed by atoms with E-state index in [0.29, 0.717) is 22.7 Å². The van der Waals surface area contributed by atoms with Crippen LogP contribution >= 0.6 is 0 Å². The molecule has 0 aromatic heterocycles. The fourth-order valence-corrected chi connectivity index (χ4v) is 2.26. The highest BCUT2D eigenvalue weighted by Crippen LogP contribution is 2.24. The Kier molecular flexibility index (Phi) is 6.64. The largest absolute Gasteiger partial charge is 0.487 e.